The summed E-state index contributed by atoms with van der Waals surface area (Å²) in [6, 6.07) is 5.23. The Morgan fingerprint density at radius 2 is 1.88 bits per heavy atom. The van der Waals surface area contributed by atoms with Gasteiger partial charge in [-0.3, -0.25) is 0 Å². The zero-order valence-electron chi connectivity index (χ0n) is 19.4. The van der Waals surface area contributed by atoms with Crippen molar-refractivity contribution in [2.24, 2.45) is 0 Å². The first kappa shape index (κ1) is 24.0. The van der Waals surface area contributed by atoms with Crippen molar-refractivity contribution in [2.75, 3.05) is 30.9 Å². The number of carbonyl (C=O) groups excluding carboxylic acids is 1. The van der Waals surface area contributed by atoms with Crippen molar-refractivity contribution < 1.29 is 19.0 Å². The second-order valence-electron chi connectivity index (χ2n) is 7.22. The standard InChI is InChI=1S/C23H32N4O4S/c1-6-10-13-32-23-25-22-24-15(5)19(21(28)31-9-4)20(27(22)26-23)16-11-12-17(29-7-2)18(14-16)30-8-3/h11-12,14,20H,6-10,13H2,1-5H3,(H,24,25,26). The minimum atomic E-state index is -0.492. The monoisotopic (exact) mass is 460 g/mol. The Hall–Kier alpha value is -2.68. The number of nitrogens with zero attached hydrogens (tertiary/aromatic N) is 3. The summed E-state index contributed by atoms with van der Waals surface area (Å²) >= 11 is 1.61. The highest BCUT2D eigenvalue weighted by Crippen LogP contribution is 2.40. The molecular weight excluding hydrogens is 428 g/mol. The largest absolute Gasteiger partial charge is 0.490 e. The predicted molar refractivity (Wildman–Crippen MR) is 126 cm³/mol. The minimum absolute atomic E-state index is 0.290. The van der Waals surface area contributed by atoms with E-state index in [1.54, 1.807) is 23.4 Å². The van der Waals surface area contributed by atoms with Crippen molar-refractivity contribution in [1.82, 2.24) is 14.8 Å². The Balaban J connectivity index is 2.08. The number of allylic oxidation sites excluding steroid dienone is 1. The fourth-order valence-electron chi connectivity index (χ4n) is 3.52. The molecule has 1 N–H and O–H groups in total. The summed E-state index contributed by atoms with van der Waals surface area (Å²) in [5.74, 6) is 2.46. The second-order valence-corrected chi connectivity index (χ2v) is 8.29. The smallest absolute Gasteiger partial charge is 0.338 e. The van der Waals surface area contributed by atoms with Crippen LogP contribution >= 0.6 is 11.8 Å². The molecule has 1 atom stereocenters. The van der Waals surface area contributed by atoms with Crippen molar-refractivity contribution >= 4 is 23.7 Å². The molecule has 0 aliphatic carbocycles. The van der Waals surface area contributed by atoms with Crippen molar-refractivity contribution in [3.63, 3.8) is 0 Å². The van der Waals surface area contributed by atoms with Crippen LogP contribution in [0.4, 0.5) is 5.95 Å². The first-order valence-corrected chi connectivity index (χ1v) is 12.2. The van der Waals surface area contributed by atoms with Crippen LogP contribution in [0.1, 0.15) is 59.1 Å². The number of ether oxygens (including phenoxy) is 3. The van der Waals surface area contributed by atoms with Crippen LogP contribution in [0.2, 0.25) is 0 Å². The number of hydrogen-bond acceptors (Lipinski definition) is 8. The molecular formula is C23H32N4O4S. The van der Waals surface area contributed by atoms with Gasteiger partial charge in [-0.05, 0) is 51.8 Å². The third-order valence-corrected chi connectivity index (χ3v) is 5.86. The maximum atomic E-state index is 13.0. The molecule has 0 amide bonds. The average molecular weight is 461 g/mol. The molecule has 8 nitrogen and oxygen atoms in total. The summed E-state index contributed by atoms with van der Waals surface area (Å²) in [6.45, 7) is 11.0. The number of rotatable bonds is 11. The zero-order chi connectivity index (χ0) is 23.1. The van der Waals surface area contributed by atoms with Gasteiger partial charge < -0.3 is 19.5 Å². The third kappa shape index (κ3) is 5.20. The van der Waals surface area contributed by atoms with Gasteiger partial charge in [0.2, 0.25) is 11.1 Å². The summed E-state index contributed by atoms with van der Waals surface area (Å²) in [7, 11) is 0. The van der Waals surface area contributed by atoms with Gasteiger partial charge in [-0.25, -0.2) is 9.48 Å². The molecule has 174 valence electrons. The van der Waals surface area contributed by atoms with Crippen molar-refractivity contribution in [3.05, 3.63) is 35.0 Å². The van der Waals surface area contributed by atoms with Gasteiger partial charge in [0.05, 0.1) is 25.4 Å². The molecule has 0 spiro atoms. The summed E-state index contributed by atoms with van der Waals surface area (Å²) in [4.78, 5) is 17.6. The third-order valence-electron chi connectivity index (χ3n) is 4.94. The highest BCUT2D eigenvalue weighted by Gasteiger charge is 2.35. The quantitative estimate of drug-likeness (QED) is 0.290. The fourth-order valence-corrected chi connectivity index (χ4v) is 4.43. The highest BCUT2D eigenvalue weighted by atomic mass is 32.2. The highest BCUT2D eigenvalue weighted by molar-refractivity contribution is 7.99. The maximum absolute atomic E-state index is 13.0. The molecule has 0 radical (unpaired) electrons. The minimum Gasteiger partial charge on any atom is -0.490 e. The number of hydrogen-bond donors (Lipinski definition) is 1. The van der Waals surface area contributed by atoms with Crippen LogP contribution < -0.4 is 14.8 Å². The first-order chi connectivity index (χ1) is 15.5. The fraction of sp³-hybridized carbons (Fsp3) is 0.522. The lowest BCUT2D eigenvalue weighted by Crippen LogP contribution is -2.29. The van der Waals surface area contributed by atoms with E-state index in [4.69, 9.17) is 19.3 Å². The SMILES string of the molecule is CCCCSc1nc2n(n1)C(c1ccc(OCC)c(OCC)c1)C(C(=O)OCC)=C(C)N2. The van der Waals surface area contributed by atoms with Crippen LogP contribution in [0.15, 0.2) is 34.6 Å². The molecule has 9 heteroatoms. The van der Waals surface area contributed by atoms with E-state index >= 15 is 0 Å². The van der Waals surface area contributed by atoms with Gasteiger partial charge in [0.25, 0.3) is 0 Å². The van der Waals surface area contributed by atoms with Gasteiger partial charge in [-0.15, -0.1) is 5.10 Å². The number of benzene rings is 1. The van der Waals surface area contributed by atoms with Crippen LogP contribution in [0.3, 0.4) is 0 Å². The second kappa shape index (κ2) is 11.3. The van der Waals surface area contributed by atoms with Gasteiger partial charge in [0.1, 0.15) is 6.04 Å². The van der Waals surface area contributed by atoms with Crippen LogP contribution in [-0.4, -0.2) is 46.3 Å². The van der Waals surface area contributed by atoms with Crippen molar-refractivity contribution in [3.8, 4) is 11.5 Å². The molecule has 1 aliphatic heterocycles. The molecule has 1 aliphatic rings. The van der Waals surface area contributed by atoms with Gasteiger partial charge >= 0.3 is 5.97 Å². The molecule has 0 saturated heterocycles. The predicted octanol–water partition coefficient (Wildman–Crippen LogP) is 4.82. The van der Waals surface area contributed by atoms with E-state index < -0.39 is 6.04 Å². The molecule has 1 aromatic heterocycles. The molecule has 0 saturated carbocycles. The summed E-state index contributed by atoms with van der Waals surface area (Å²) in [5, 5.41) is 8.64. The number of esters is 1. The van der Waals surface area contributed by atoms with Crippen LogP contribution in [0.25, 0.3) is 0 Å². The Labute approximate surface area is 193 Å². The number of thioether (sulfide) groups is 1. The zero-order valence-corrected chi connectivity index (χ0v) is 20.3. The molecule has 2 heterocycles. The van der Waals surface area contributed by atoms with E-state index in [0.717, 1.165) is 24.2 Å². The van der Waals surface area contributed by atoms with Crippen molar-refractivity contribution in [1.29, 1.82) is 0 Å². The summed E-state index contributed by atoms with van der Waals surface area (Å²) < 4.78 is 18.7. The van der Waals surface area contributed by atoms with E-state index in [1.165, 1.54) is 0 Å². The van der Waals surface area contributed by atoms with Crippen LogP contribution in [0, 0.1) is 0 Å². The average Bonchev–Trinajstić information content (AvgIpc) is 3.17. The van der Waals surface area contributed by atoms with E-state index in [-0.39, 0.29) is 12.6 Å². The normalized spacial score (nSPS) is 15.2. The molecule has 0 bridgehead atoms. The van der Waals surface area contributed by atoms with E-state index in [1.807, 2.05) is 39.0 Å². The lowest BCUT2D eigenvalue weighted by molar-refractivity contribution is -0.139. The lowest BCUT2D eigenvalue weighted by Gasteiger charge is -2.28. The molecule has 32 heavy (non-hydrogen) atoms. The number of carbonyl (C=O) groups is 1. The van der Waals surface area contributed by atoms with Gasteiger partial charge in [-0.1, -0.05) is 31.2 Å². The maximum Gasteiger partial charge on any atom is 0.338 e. The van der Waals surface area contributed by atoms with Gasteiger partial charge in [-0.2, -0.15) is 4.98 Å². The topological polar surface area (TPSA) is 87.5 Å². The van der Waals surface area contributed by atoms with Crippen LogP contribution in [-0.2, 0) is 9.53 Å². The van der Waals surface area contributed by atoms with E-state index in [9.17, 15) is 4.79 Å². The van der Waals surface area contributed by atoms with Gasteiger partial charge in [0.15, 0.2) is 11.5 Å². The molecule has 1 unspecified atom stereocenters. The van der Waals surface area contributed by atoms with Crippen molar-refractivity contribution in [2.45, 2.75) is 58.7 Å². The summed E-state index contributed by atoms with van der Waals surface area (Å²) in [5.41, 5.74) is 2.04. The van der Waals surface area contributed by atoms with E-state index in [0.29, 0.717) is 47.1 Å². The van der Waals surface area contributed by atoms with Gasteiger partial charge in [0, 0.05) is 11.4 Å². The lowest BCUT2D eigenvalue weighted by atomic mass is 9.95. The van der Waals surface area contributed by atoms with E-state index in [2.05, 4.69) is 17.2 Å². The first-order valence-electron chi connectivity index (χ1n) is 11.2. The Kier molecular flexibility index (Phi) is 8.44. The molecule has 2 aromatic rings. The number of aromatic nitrogens is 3. The Morgan fingerprint density at radius 3 is 2.56 bits per heavy atom. The molecule has 1 aromatic carbocycles. The van der Waals surface area contributed by atoms with Crippen LogP contribution in [0.5, 0.6) is 11.5 Å². The number of nitrogens with one attached hydrogen (secondary N) is 1. The number of unbranched alkanes of at least 4 members (excludes halogenated alkanes) is 1. The number of fused-ring (bicyclic) bond motifs is 1. The molecule has 0 fully saturated rings. The molecule has 3 rings (SSSR count). The summed E-state index contributed by atoms with van der Waals surface area (Å²) in [6.07, 6.45) is 2.20. The Morgan fingerprint density at radius 1 is 1.12 bits per heavy atom. The number of anilines is 1. The Bertz CT molecular complexity index is 973.